The Hall–Kier alpha value is -0.180. The number of alkyl halides is 1. The van der Waals surface area contributed by atoms with Crippen molar-refractivity contribution in [2.45, 2.75) is 30.7 Å². The number of aryl methyl sites for hydroxylation is 1. The summed E-state index contributed by atoms with van der Waals surface area (Å²) in [7, 11) is 0. The Morgan fingerprint density at radius 1 is 1.33 bits per heavy atom. The highest BCUT2D eigenvalue weighted by Gasteiger charge is 2.20. The van der Waals surface area contributed by atoms with Gasteiger partial charge in [0, 0.05) is 17.3 Å². The highest BCUT2D eigenvalue weighted by atomic mass is 35.5. The van der Waals surface area contributed by atoms with Gasteiger partial charge in [0.25, 0.3) is 0 Å². The molecule has 0 spiro atoms. The van der Waals surface area contributed by atoms with Gasteiger partial charge in [-0.3, -0.25) is 0 Å². The lowest BCUT2D eigenvalue weighted by molar-refractivity contribution is 0.0598. The molecular weight excluding hydrogens is 228 g/mol. The van der Waals surface area contributed by atoms with E-state index in [2.05, 4.69) is 31.2 Å². The summed E-state index contributed by atoms with van der Waals surface area (Å²) in [6.07, 6.45) is 0. The Morgan fingerprint density at radius 2 is 1.93 bits per heavy atom. The van der Waals surface area contributed by atoms with E-state index in [0.29, 0.717) is 6.61 Å². The molecule has 15 heavy (non-hydrogen) atoms. The highest BCUT2D eigenvalue weighted by molar-refractivity contribution is 7.99. The third kappa shape index (κ3) is 4.92. The summed E-state index contributed by atoms with van der Waals surface area (Å²) in [6.45, 7) is 6.59. The molecule has 0 bridgehead atoms. The van der Waals surface area contributed by atoms with Crippen LogP contribution >= 0.6 is 23.4 Å². The highest BCUT2D eigenvalue weighted by Crippen LogP contribution is 2.27. The molecule has 1 rings (SSSR count). The van der Waals surface area contributed by atoms with Crippen molar-refractivity contribution in [1.29, 1.82) is 0 Å². The maximum Gasteiger partial charge on any atom is 0.148 e. The minimum Gasteiger partial charge on any atom is -0.359 e. The maximum absolute atomic E-state index is 6.17. The van der Waals surface area contributed by atoms with Crippen LogP contribution in [0.25, 0.3) is 0 Å². The van der Waals surface area contributed by atoms with Gasteiger partial charge in [0.15, 0.2) is 0 Å². The minimum atomic E-state index is -0.565. The molecule has 0 amide bonds. The molecular formula is C12H17ClOS. The molecule has 1 aromatic carbocycles. The van der Waals surface area contributed by atoms with E-state index in [-0.39, 0.29) is 0 Å². The molecule has 0 aliphatic carbocycles. The van der Waals surface area contributed by atoms with Crippen LogP contribution in [0.3, 0.4) is 0 Å². The van der Waals surface area contributed by atoms with Gasteiger partial charge in [0.2, 0.25) is 0 Å². The quantitative estimate of drug-likeness (QED) is 0.570. The summed E-state index contributed by atoms with van der Waals surface area (Å²) in [4.78, 5) is 1.23. The Bertz CT molecular complexity index is 295. The zero-order valence-corrected chi connectivity index (χ0v) is 11.0. The average Bonchev–Trinajstić information content (AvgIpc) is 2.17. The fraction of sp³-hybridized carbons (Fsp3) is 0.500. The van der Waals surface area contributed by atoms with Gasteiger partial charge in [-0.2, -0.15) is 0 Å². The molecule has 3 heteroatoms. The molecule has 1 atom stereocenters. The Kier molecular flexibility index (Phi) is 4.97. The van der Waals surface area contributed by atoms with Crippen LogP contribution in [0.1, 0.15) is 19.4 Å². The van der Waals surface area contributed by atoms with Crippen molar-refractivity contribution >= 4 is 23.4 Å². The zero-order chi connectivity index (χ0) is 11.3. The SMILES string of the molecule is CCOC(C)(Cl)CSc1ccc(C)cc1. The molecule has 0 heterocycles. The number of hydrogen-bond donors (Lipinski definition) is 0. The van der Waals surface area contributed by atoms with E-state index in [9.17, 15) is 0 Å². The van der Waals surface area contributed by atoms with Gasteiger partial charge in [-0.25, -0.2) is 0 Å². The van der Waals surface area contributed by atoms with Crippen LogP contribution in [0.15, 0.2) is 29.2 Å². The molecule has 0 aliphatic heterocycles. The summed E-state index contributed by atoms with van der Waals surface area (Å²) in [6, 6.07) is 8.43. The van der Waals surface area contributed by atoms with Crippen molar-refractivity contribution in [3.8, 4) is 0 Å². The number of rotatable bonds is 5. The predicted octanol–water partition coefficient (Wildman–Crippen LogP) is 4.08. The molecule has 1 unspecified atom stereocenters. The summed E-state index contributed by atoms with van der Waals surface area (Å²) in [5.74, 6) is 0.755. The second-order valence-corrected chi connectivity index (χ2v) is 5.48. The monoisotopic (exact) mass is 244 g/mol. The van der Waals surface area contributed by atoms with E-state index in [4.69, 9.17) is 16.3 Å². The van der Waals surface area contributed by atoms with Crippen molar-refractivity contribution in [1.82, 2.24) is 0 Å². The normalized spacial score (nSPS) is 14.9. The van der Waals surface area contributed by atoms with Crippen LogP contribution in [-0.4, -0.2) is 17.4 Å². The number of benzene rings is 1. The third-order valence-electron chi connectivity index (χ3n) is 1.96. The van der Waals surface area contributed by atoms with Gasteiger partial charge in [-0.1, -0.05) is 29.3 Å². The Balaban J connectivity index is 2.46. The van der Waals surface area contributed by atoms with E-state index >= 15 is 0 Å². The summed E-state index contributed by atoms with van der Waals surface area (Å²) in [5.41, 5.74) is 1.28. The van der Waals surface area contributed by atoms with E-state index < -0.39 is 5.06 Å². The standard InChI is InChI=1S/C12H17ClOS/c1-4-14-12(3,13)9-15-11-7-5-10(2)6-8-11/h5-8H,4,9H2,1-3H3. The van der Waals surface area contributed by atoms with Gasteiger partial charge < -0.3 is 4.74 Å². The first-order valence-electron chi connectivity index (χ1n) is 5.06. The molecule has 1 nitrogen and oxygen atoms in total. The van der Waals surface area contributed by atoms with Crippen LogP contribution in [0, 0.1) is 6.92 Å². The maximum atomic E-state index is 6.17. The number of ether oxygens (including phenoxy) is 1. The second kappa shape index (κ2) is 5.78. The Morgan fingerprint density at radius 3 is 2.47 bits per heavy atom. The van der Waals surface area contributed by atoms with E-state index in [1.807, 2.05) is 13.8 Å². The van der Waals surface area contributed by atoms with Crippen LogP contribution in [-0.2, 0) is 4.74 Å². The fourth-order valence-electron chi connectivity index (χ4n) is 1.19. The molecule has 84 valence electrons. The Labute approximate surface area is 101 Å². The van der Waals surface area contributed by atoms with Crippen LogP contribution in [0.2, 0.25) is 0 Å². The molecule has 1 aromatic rings. The summed E-state index contributed by atoms with van der Waals surface area (Å²) >= 11 is 7.89. The minimum absolute atomic E-state index is 0.565. The van der Waals surface area contributed by atoms with E-state index in [1.54, 1.807) is 11.8 Å². The van der Waals surface area contributed by atoms with Crippen molar-refractivity contribution in [2.75, 3.05) is 12.4 Å². The van der Waals surface area contributed by atoms with Gasteiger partial charge in [0.05, 0.1) is 0 Å². The molecule has 0 radical (unpaired) electrons. The molecule has 0 aromatic heterocycles. The first-order valence-corrected chi connectivity index (χ1v) is 6.42. The summed E-state index contributed by atoms with van der Waals surface area (Å²) in [5, 5.41) is -0.565. The fourth-order valence-corrected chi connectivity index (χ4v) is 2.30. The first-order chi connectivity index (χ1) is 7.03. The van der Waals surface area contributed by atoms with Crippen molar-refractivity contribution in [3.63, 3.8) is 0 Å². The van der Waals surface area contributed by atoms with E-state index in [1.165, 1.54) is 10.5 Å². The molecule has 0 N–H and O–H groups in total. The molecule has 0 fully saturated rings. The number of halogens is 1. The third-order valence-corrected chi connectivity index (χ3v) is 3.66. The molecule has 0 aliphatic rings. The van der Waals surface area contributed by atoms with E-state index in [0.717, 1.165) is 5.75 Å². The molecule has 0 saturated heterocycles. The van der Waals surface area contributed by atoms with Gasteiger partial charge in [-0.15, -0.1) is 11.8 Å². The number of hydrogen-bond acceptors (Lipinski definition) is 2. The number of thioether (sulfide) groups is 1. The van der Waals surface area contributed by atoms with Gasteiger partial charge in [-0.05, 0) is 32.9 Å². The lowest BCUT2D eigenvalue weighted by Crippen LogP contribution is -2.24. The van der Waals surface area contributed by atoms with Crippen molar-refractivity contribution in [2.24, 2.45) is 0 Å². The smallest absolute Gasteiger partial charge is 0.148 e. The van der Waals surface area contributed by atoms with Crippen LogP contribution < -0.4 is 0 Å². The molecule has 0 saturated carbocycles. The van der Waals surface area contributed by atoms with Crippen molar-refractivity contribution in [3.05, 3.63) is 29.8 Å². The van der Waals surface area contributed by atoms with Crippen molar-refractivity contribution < 1.29 is 4.74 Å². The second-order valence-electron chi connectivity index (χ2n) is 3.64. The van der Waals surface area contributed by atoms with Crippen LogP contribution in [0.5, 0.6) is 0 Å². The topological polar surface area (TPSA) is 9.23 Å². The predicted molar refractivity (Wildman–Crippen MR) is 67.8 cm³/mol. The summed E-state index contributed by atoms with van der Waals surface area (Å²) < 4.78 is 5.42. The van der Waals surface area contributed by atoms with Crippen LogP contribution in [0.4, 0.5) is 0 Å². The lowest BCUT2D eigenvalue weighted by atomic mass is 10.2. The lowest BCUT2D eigenvalue weighted by Gasteiger charge is -2.21. The largest absolute Gasteiger partial charge is 0.359 e. The first kappa shape index (κ1) is 12.9. The average molecular weight is 245 g/mol. The van der Waals surface area contributed by atoms with Gasteiger partial charge >= 0.3 is 0 Å². The zero-order valence-electron chi connectivity index (χ0n) is 9.42. The van der Waals surface area contributed by atoms with Gasteiger partial charge in [0.1, 0.15) is 5.06 Å².